The Balaban J connectivity index is 1.38. The first-order chi connectivity index (χ1) is 20.0. The second kappa shape index (κ2) is 14.0. The van der Waals surface area contributed by atoms with Gasteiger partial charge in [0.2, 0.25) is 0 Å². The van der Waals surface area contributed by atoms with Crippen molar-refractivity contribution < 1.29 is 44.6 Å². The van der Waals surface area contributed by atoms with Gasteiger partial charge in [-0.05, 0) is 92.7 Å². The Morgan fingerprint density at radius 1 is 0.786 bits per heavy atom. The SMILES string of the molecule is CCCC1CCC(C=CC2CCC(c3cc(F)c(C(F)(F)Oc4cc(F)c(OC=C(F)F)c(F)c4)c(F)c3)CC2)CC1. The van der Waals surface area contributed by atoms with Crippen molar-refractivity contribution in [3.8, 4) is 11.5 Å². The van der Waals surface area contributed by atoms with E-state index in [9.17, 15) is 35.1 Å². The van der Waals surface area contributed by atoms with E-state index in [-0.39, 0.29) is 29.9 Å². The van der Waals surface area contributed by atoms with E-state index in [1.165, 1.54) is 38.5 Å². The summed E-state index contributed by atoms with van der Waals surface area (Å²) < 4.78 is 120. The smallest absolute Gasteiger partial charge is 0.432 e. The van der Waals surface area contributed by atoms with E-state index in [4.69, 9.17) is 0 Å². The molecular weight excluding hydrogens is 568 g/mol. The van der Waals surface area contributed by atoms with Crippen molar-refractivity contribution >= 4 is 0 Å². The molecule has 0 aromatic heterocycles. The van der Waals surface area contributed by atoms with E-state index in [2.05, 4.69) is 28.5 Å². The normalized spacial score (nSPS) is 23.2. The Morgan fingerprint density at radius 3 is 1.81 bits per heavy atom. The van der Waals surface area contributed by atoms with Crippen LogP contribution in [0.5, 0.6) is 11.5 Å². The Hall–Kier alpha value is -3.04. The molecule has 230 valence electrons. The van der Waals surface area contributed by atoms with Gasteiger partial charge in [0.05, 0.1) is 0 Å². The predicted molar refractivity (Wildman–Crippen MR) is 142 cm³/mol. The van der Waals surface area contributed by atoms with Crippen molar-refractivity contribution in [1.82, 2.24) is 0 Å². The molecule has 2 saturated carbocycles. The second-order valence-electron chi connectivity index (χ2n) is 11.3. The lowest BCUT2D eigenvalue weighted by Gasteiger charge is -2.29. The number of hydrogen-bond acceptors (Lipinski definition) is 2. The maximum absolute atomic E-state index is 14.9. The number of allylic oxidation sites excluding steroid dienone is 2. The summed E-state index contributed by atoms with van der Waals surface area (Å²) in [5.74, 6) is -7.21. The van der Waals surface area contributed by atoms with Crippen molar-refractivity contribution in [3.05, 3.63) is 83.2 Å². The second-order valence-corrected chi connectivity index (χ2v) is 11.3. The Kier molecular flexibility index (Phi) is 10.6. The molecule has 2 aromatic rings. The van der Waals surface area contributed by atoms with Crippen LogP contribution in [-0.2, 0) is 6.11 Å². The maximum atomic E-state index is 14.9. The third kappa shape index (κ3) is 8.07. The molecule has 2 nitrogen and oxygen atoms in total. The van der Waals surface area contributed by atoms with Crippen molar-refractivity contribution in [3.63, 3.8) is 0 Å². The first-order valence-electron chi connectivity index (χ1n) is 14.4. The lowest BCUT2D eigenvalue weighted by Crippen LogP contribution is -2.26. The molecule has 0 unspecified atom stereocenters. The third-order valence-corrected chi connectivity index (χ3v) is 8.33. The predicted octanol–water partition coefficient (Wildman–Crippen LogP) is 10.9. The molecule has 0 amide bonds. The lowest BCUT2D eigenvalue weighted by molar-refractivity contribution is -0.189. The molecule has 2 aliphatic carbocycles. The average Bonchev–Trinajstić information content (AvgIpc) is 2.91. The van der Waals surface area contributed by atoms with Crippen molar-refractivity contribution in [2.24, 2.45) is 17.8 Å². The van der Waals surface area contributed by atoms with Gasteiger partial charge in [-0.1, -0.05) is 31.9 Å². The average molecular weight is 603 g/mol. The van der Waals surface area contributed by atoms with E-state index in [1.807, 2.05) is 0 Å². The fraction of sp³-hybridized carbons (Fsp3) is 0.500. The highest BCUT2D eigenvalue weighted by molar-refractivity contribution is 5.37. The Labute approximate surface area is 240 Å². The molecule has 0 radical (unpaired) electrons. The zero-order valence-electron chi connectivity index (χ0n) is 23.3. The van der Waals surface area contributed by atoms with Crippen LogP contribution in [-0.4, -0.2) is 0 Å². The molecule has 0 spiro atoms. The van der Waals surface area contributed by atoms with Crippen LogP contribution in [0.4, 0.5) is 35.1 Å². The molecule has 4 rings (SSSR count). The fourth-order valence-corrected chi connectivity index (χ4v) is 6.15. The molecule has 0 bridgehead atoms. The molecule has 0 heterocycles. The van der Waals surface area contributed by atoms with Gasteiger partial charge in [0.25, 0.3) is 0 Å². The van der Waals surface area contributed by atoms with Gasteiger partial charge in [0.1, 0.15) is 22.9 Å². The highest BCUT2D eigenvalue weighted by Gasteiger charge is 2.42. The number of alkyl halides is 2. The summed E-state index contributed by atoms with van der Waals surface area (Å²) in [6.07, 6.45) is 7.72. The third-order valence-electron chi connectivity index (χ3n) is 8.33. The summed E-state index contributed by atoms with van der Waals surface area (Å²) in [6.45, 7) is 2.22. The van der Waals surface area contributed by atoms with Crippen LogP contribution >= 0.6 is 0 Å². The summed E-state index contributed by atoms with van der Waals surface area (Å²) >= 11 is 0. The summed E-state index contributed by atoms with van der Waals surface area (Å²) in [5, 5.41) is 0. The van der Waals surface area contributed by atoms with Crippen molar-refractivity contribution in [2.75, 3.05) is 0 Å². The molecule has 2 fully saturated rings. The van der Waals surface area contributed by atoms with E-state index in [0.29, 0.717) is 24.7 Å². The fourth-order valence-electron chi connectivity index (χ4n) is 6.15. The van der Waals surface area contributed by atoms with E-state index < -0.39 is 52.5 Å². The van der Waals surface area contributed by atoms with Crippen LogP contribution in [0.25, 0.3) is 0 Å². The Morgan fingerprint density at radius 2 is 1.31 bits per heavy atom. The van der Waals surface area contributed by atoms with Crippen LogP contribution in [0.15, 0.2) is 48.8 Å². The quantitative estimate of drug-likeness (QED) is 0.153. The van der Waals surface area contributed by atoms with Crippen LogP contribution in [0.2, 0.25) is 0 Å². The van der Waals surface area contributed by atoms with E-state index >= 15 is 0 Å². The standard InChI is InChI=1S/C32H34F8O2/c1-2-3-19-4-6-20(7-5-19)8-9-21-10-12-22(13-11-21)23-14-25(33)30(26(34)15-23)32(39,40)42-24-16-27(35)31(28(36)17-24)41-18-29(37)38/h8-9,14-22H,2-7,10-13H2,1H3. The van der Waals surface area contributed by atoms with E-state index in [1.54, 1.807) is 0 Å². The topological polar surface area (TPSA) is 18.5 Å². The van der Waals surface area contributed by atoms with Crippen molar-refractivity contribution in [2.45, 2.75) is 83.2 Å². The zero-order chi connectivity index (χ0) is 30.4. The molecule has 0 N–H and O–H groups in total. The van der Waals surface area contributed by atoms with Gasteiger partial charge in [-0.3, -0.25) is 0 Å². The van der Waals surface area contributed by atoms with Gasteiger partial charge < -0.3 is 9.47 Å². The van der Waals surface area contributed by atoms with Gasteiger partial charge in [-0.2, -0.15) is 17.6 Å². The summed E-state index contributed by atoms with van der Waals surface area (Å²) in [6, 6.07) is 2.15. The zero-order valence-corrected chi connectivity index (χ0v) is 23.3. The monoisotopic (exact) mass is 602 g/mol. The first kappa shape index (κ1) is 31.9. The van der Waals surface area contributed by atoms with Gasteiger partial charge >= 0.3 is 12.2 Å². The number of ether oxygens (including phenoxy) is 2. The molecule has 2 aliphatic rings. The summed E-state index contributed by atoms with van der Waals surface area (Å²) in [4.78, 5) is 0. The molecule has 0 saturated heterocycles. The molecular formula is C32H34F8O2. The maximum Gasteiger partial charge on any atom is 0.432 e. The van der Waals surface area contributed by atoms with E-state index in [0.717, 1.165) is 30.9 Å². The van der Waals surface area contributed by atoms with Crippen LogP contribution in [0, 0.1) is 41.0 Å². The molecule has 42 heavy (non-hydrogen) atoms. The summed E-state index contributed by atoms with van der Waals surface area (Å²) in [5.41, 5.74) is -1.45. The first-order valence-corrected chi connectivity index (χ1v) is 14.4. The molecule has 10 heteroatoms. The highest BCUT2D eigenvalue weighted by Crippen LogP contribution is 2.41. The Bertz CT molecular complexity index is 1230. The molecule has 2 aromatic carbocycles. The van der Waals surface area contributed by atoms with Gasteiger partial charge in [0.15, 0.2) is 23.6 Å². The number of hydrogen-bond donors (Lipinski definition) is 0. The van der Waals surface area contributed by atoms with Crippen LogP contribution in [0.1, 0.15) is 88.2 Å². The number of rotatable bonds is 10. The van der Waals surface area contributed by atoms with Crippen LogP contribution < -0.4 is 9.47 Å². The molecule has 0 aliphatic heterocycles. The lowest BCUT2D eigenvalue weighted by atomic mass is 9.76. The number of benzene rings is 2. The van der Waals surface area contributed by atoms with Gasteiger partial charge in [0, 0.05) is 12.1 Å². The largest absolute Gasteiger partial charge is 0.453 e. The number of halogens is 8. The molecule has 0 atom stereocenters. The van der Waals surface area contributed by atoms with Crippen molar-refractivity contribution in [1.29, 1.82) is 0 Å². The minimum atomic E-state index is -4.64. The minimum absolute atomic E-state index is 0.203. The highest BCUT2D eigenvalue weighted by atomic mass is 19.3. The van der Waals surface area contributed by atoms with Gasteiger partial charge in [-0.15, -0.1) is 0 Å². The van der Waals surface area contributed by atoms with Gasteiger partial charge in [-0.25, -0.2) is 17.6 Å². The minimum Gasteiger partial charge on any atom is -0.453 e. The van der Waals surface area contributed by atoms with Crippen LogP contribution in [0.3, 0.4) is 0 Å². The summed E-state index contributed by atoms with van der Waals surface area (Å²) in [7, 11) is 0.